The number of likely N-dealkylation sites (N-methyl/N-ethyl adjacent to an activating group) is 1. The van der Waals surface area contributed by atoms with E-state index in [9.17, 15) is 15.0 Å². The van der Waals surface area contributed by atoms with Gasteiger partial charge in [-0.05, 0) is 0 Å². The fourth-order valence-corrected chi connectivity index (χ4v) is 3.74. The van der Waals surface area contributed by atoms with Crippen molar-refractivity contribution in [2.45, 2.75) is 31.7 Å². The Balaban J connectivity index is 1.92. The Kier molecular flexibility index (Phi) is 3.98. The van der Waals surface area contributed by atoms with Crippen molar-refractivity contribution in [3.05, 3.63) is 29.5 Å². The summed E-state index contributed by atoms with van der Waals surface area (Å²) in [6.45, 7) is 0. The number of phenols is 2. The summed E-state index contributed by atoms with van der Waals surface area (Å²) in [5.74, 6) is -0.380. The molecule has 5 nitrogen and oxygen atoms in total. The van der Waals surface area contributed by atoms with E-state index >= 15 is 0 Å². The van der Waals surface area contributed by atoms with Gasteiger partial charge in [0, 0.05) is 0 Å². The molecule has 1 aliphatic carbocycles. The van der Waals surface area contributed by atoms with Crippen molar-refractivity contribution < 1.29 is 15.0 Å². The zero-order valence-electron chi connectivity index (χ0n) is 12.3. The Morgan fingerprint density at radius 1 is 1.23 bits per heavy atom. The number of nitrogens with zero attached hydrogens (tertiary/aromatic N) is 2. The maximum absolute atomic E-state index is 12.7. The maximum atomic E-state index is 12.7. The third-order valence-electron chi connectivity index (χ3n) is 4.28. The number of hydrogen-bond acceptors (Lipinski definition) is 4. The predicted octanol–water partition coefficient (Wildman–Crippen LogP) is 1.41. The van der Waals surface area contributed by atoms with Crippen LogP contribution in [0.1, 0.15) is 31.2 Å². The second-order valence-corrected chi connectivity index (χ2v) is 6.50. The monoisotopic (exact) mass is 366 g/mol. The van der Waals surface area contributed by atoms with Gasteiger partial charge in [-0.3, -0.25) is 0 Å². The first kappa shape index (κ1) is 15.1. The van der Waals surface area contributed by atoms with Crippen LogP contribution in [0.25, 0.3) is 6.08 Å². The van der Waals surface area contributed by atoms with Gasteiger partial charge in [0.05, 0.1) is 0 Å². The Bertz CT molecular complexity index is 665. The van der Waals surface area contributed by atoms with Crippen LogP contribution in [0.15, 0.2) is 23.9 Å². The van der Waals surface area contributed by atoms with Gasteiger partial charge in [-0.15, -0.1) is 0 Å². The molecule has 3 rings (SSSR count). The average molecular weight is 365 g/mol. The van der Waals surface area contributed by atoms with Gasteiger partial charge in [0.15, 0.2) is 0 Å². The van der Waals surface area contributed by atoms with Crippen LogP contribution in [-0.4, -0.2) is 59.3 Å². The van der Waals surface area contributed by atoms with Gasteiger partial charge >= 0.3 is 137 Å². The Hall–Kier alpha value is -1.78. The van der Waals surface area contributed by atoms with E-state index in [0.29, 0.717) is 11.3 Å². The van der Waals surface area contributed by atoms with E-state index in [2.05, 4.69) is 15.6 Å². The SMILES string of the molecule is CN1C(=[Se])N(C2CCCC2)C(=O)/C1=C\c1ccc(O)c(O)c1. The van der Waals surface area contributed by atoms with E-state index in [0.717, 1.165) is 30.3 Å². The van der Waals surface area contributed by atoms with Crippen molar-refractivity contribution in [2.24, 2.45) is 0 Å². The van der Waals surface area contributed by atoms with Gasteiger partial charge in [-0.25, -0.2) is 0 Å². The van der Waals surface area contributed by atoms with Crippen LogP contribution in [0.5, 0.6) is 11.5 Å². The number of carbonyl (C=O) groups excluding carboxylic acids is 1. The van der Waals surface area contributed by atoms with Crippen molar-refractivity contribution in [3.63, 3.8) is 0 Å². The van der Waals surface area contributed by atoms with Crippen LogP contribution in [0.4, 0.5) is 0 Å². The first-order chi connectivity index (χ1) is 10.5. The molecule has 0 unspecified atom stereocenters. The van der Waals surface area contributed by atoms with Crippen LogP contribution in [0.3, 0.4) is 0 Å². The molecule has 1 saturated carbocycles. The third-order valence-corrected chi connectivity index (χ3v) is 5.27. The van der Waals surface area contributed by atoms with Crippen molar-refractivity contribution in [2.75, 3.05) is 7.05 Å². The van der Waals surface area contributed by atoms with Gasteiger partial charge in [-0.2, -0.15) is 0 Å². The minimum absolute atomic E-state index is 0.0179. The van der Waals surface area contributed by atoms with Gasteiger partial charge in [0.1, 0.15) is 0 Å². The fraction of sp³-hybridized carbons (Fsp3) is 0.375. The molecule has 1 aliphatic heterocycles. The normalized spacial score (nSPS) is 21.4. The molecule has 2 N–H and O–H groups in total. The fourth-order valence-electron chi connectivity index (χ4n) is 3.05. The van der Waals surface area contributed by atoms with Gasteiger partial charge in [0.2, 0.25) is 0 Å². The summed E-state index contributed by atoms with van der Waals surface area (Å²) >= 11 is 3.00. The summed E-state index contributed by atoms with van der Waals surface area (Å²) in [4.78, 5) is 16.4. The molecular weight excluding hydrogens is 347 g/mol. The van der Waals surface area contributed by atoms with Gasteiger partial charge < -0.3 is 0 Å². The van der Waals surface area contributed by atoms with Crippen molar-refractivity contribution in [3.8, 4) is 11.5 Å². The van der Waals surface area contributed by atoms with Crippen molar-refractivity contribution >= 4 is 32.2 Å². The molecule has 0 aromatic heterocycles. The van der Waals surface area contributed by atoms with Crippen LogP contribution >= 0.6 is 0 Å². The van der Waals surface area contributed by atoms with E-state index in [1.807, 2.05) is 16.8 Å². The standard InChI is InChI=1S/C16H18N2O3Se/c1-17-12(8-10-6-7-13(19)14(20)9-10)15(21)18(16(17)22)11-4-2-3-5-11/h6-9,11,19-20H,2-5H2,1H3/b12-8+. The number of phenolic OH excluding ortho intramolecular Hbond substituents is 2. The summed E-state index contributed by atoms with van der Waals surface area (Å²) < 4.78 is 0.825. The molecule has 1 aromatic carbocycles. The van der Waals surface area contributed by atoms with Crippen LogP contribution < -0.4 is 0 Å². The number of amides is 1. The molecule has 116 valence electrons. The zero-order chi connectivity index (χ0) is 15.9. The molecule has 0 spiro atoms. The minimum atomic E-state index is -0.192. The number of rotatable bonds is 2. The molecule has 2 fully saturated rings. The molecule has 0 radical (unpaired) electrons. The van der Waals surface area contributed by atoms with Gasteiger partial charge in [-0.1, -0.05) is 0 Å². The molecular formula is C16H18N2O3Se. The Morgan fingerprint density at radius 3 is 2.55 bits per heavy atom. The zero-order valence-corrected chi connectivity index (χ0v) is 14.0. The average Bonchev–Trinajstić information content (AvgIpc) is 3.07. The summed E-state index contributed by atoms with van der Waals surface area (Å²) in [7, 11) is 1.85. The Labute approximate surface area is 137 Å². The molecule has 1 aromatic rings. The molecule has 1 saturated heterocycles. The molecule has 1 amide bonds. The number of carbonyl (C=O) groups is 1. The second kappa shape index (κ2) is 5.78. The predicted molar refractivity (Wildman–Crippen MR) is 85.4 cm³/mol. The van der Waals surface area contributed by atoms with Crippen LogP contribution in [0.2, 0.25) is 0 Å². The van der Waals surface area contributed by atoms with E-state index in [4.69, 9.17) is 0 Å². The molecule has 2 aliphatic rings. The molecule has 1 heterocycles. The third kappa shape index (κ3) is 2.53. The van der Waals surface area contributed by atoms with E-state index in [1.165, 1.54) is 12.1 Å². The number of benzene rings is 1. The first-order valence-electron chi connectivity index (χ1n) is 7.34. The molecule has 22 heavy (non-hydrogen) atoms. The molecule has 0 bridgehead atoms. The van der Waals surface area contributed by atoms with Gasteiger partial charge in [0.25, 0.3) is 0 Å². The Morgan fingerprint density at radius 2 is 1.91 bits per heavy atom. The van der Waals surface area contributed by atoms with E-state index in [-0.39, 0.29) is 23.4 Å². The summed E-state index contributed by atoms with van der Waals surface area (Å²) in [6, 6.07) is 4.80. The second-order valence-electron chi connectivity index (χ2n) is 5.73. The number of aromatic hydroxyl groups is 2. The van der Waals surface area contributed by atoms with Crippen molar-refractivity contribution in [1.82, 2.24) is 9.80 Å². The first-order valence-corrected chi connectivity index (χ1v) is 8.19. The van der Waals surface area contributed by atoms with Crippen molar-refractivity contribution in [1.29, 1.82) is 0 Å². The topological polar surface area (TPSA) is 64.0 Å². The molecule has 6 heteroatoms. The molecule has 0 atom stereocenters. The van der Waals surface area contributed by atoms with Crippen LogP contribution in [-0.2, 0) is 4.79 Å². The quantitative estimate of drug-likeness (QED) is 0.473. The number of hydrogen-bond donors (Lipinski definition) is 2. The summed E-state index contributed by atoms with van der Waals surface area (Å²) in [6.07, 6.45) is 6.14. The van der Waals surface area contributed by atoms with E-state index in [1.54, 1.807) is 12.1 Å². The summed E-state index contributed by atoms with van der Waals surface area (Å²) in [5.41, 5.74) is 1.23. The van der Waals surface area contributed by atoms with E-state index < -0.39 is 0 Å². The summed E-state index contributed by atoms with van der Waals surface area (Å²) in [5, 5.41) is 19.0. The van der Waals surface area contributed by atoms with Crippen LogP contribution in [0, 0.1) is 0 Å².